The summed E-state index contributed by atoms with van der Waals surface area (Å²) in [6, 6.07) is 0. The Morgan fingerprint density at radius 3 is 2.69 bits per heavy atom. The van der Waals surface area contributed by atoms with Gasteiger partial charge in [0.1, 0.15) is 0 Å². The summed E-state index contributed by atoms with van der Waals surface area (Å²) in [7, 11) is 1.80. The van der Waals surface area contributed by atoms with Gasteiger partial charge in [-0.1, -0.05) is 20.3 Å². The Labute approximate surface area is 100 Å². The third-order valence-corrected chi connectivity index (χ3v) is 4.11. The number of methoxy groups -OCH3 is 1. The minimum absolute atomic E-state index is 0.247. The van der Waals surface area contributed by atoms with E-state index >= 15 is 0 Å². The maximum atomic E-state index is 6.03. The Kier molecular flexibility index (Phi) is 5.73. The molecule has 0 amide bonds. The molecule has 2 atom stereocenters. The van der Waals surface area contributed by atoms with E-state index in [1.54, 1.807) is 7.11 Å². The third kappa shape index (κ3) is 2.96. The topological polar surface area (TPSA) is 38.5 Å². The average molecular weight is 228 g/mol. The Morgan fingerprint density at radius 2 is 2.19 bits per heavy atom. The van der Waals surface area contributed by atoms with Crippen LogP contribution in [0.4, 0.5) is 0 Å². The summed E-state index contributed by atoms with van der Waals surface area (Å²) < 4.78 is 5.26. The predicted octanol–water partition coefficient (Wildman–Crippen LogP) is 1.86. The number of ether oxygens (including phenoxy) is 1. The highest BCUT2D eigenvalue weighted by Crippen LogP contribution is 2.30. The summed E-state index contributed by atoms with van der Waals surface area (Å²) in [5.41, 5.74) is 6.28. The zero-order valence-electron chi connectivity index (χ0n) is 11.2. The Morgan fingerprint density at radius 1 is 1.44 bits per heavy atom. The van der Waals surface area contributed by atoms with Gasteiger partial charge in [0.25, 0.3) is 0 Å². The van der Waals surface area contributed by atoms with Gasteiger partial charge >= 0.3 is 0 Å². The first kappa shape index (κ1) is 13.9. The molecular formula is C13H28N2O. The number of likely N-dealkylation sites (tertiary alicyclic amines) is 1. The smallest absolute Gasteiger partial charge is 0.0503 e. The van der Waals surface area contributed by atoms with Crippen molar-refractivity contribution >= 4 is 0 Å². The molecule has 1 saturated heterocycles. The van der Waals surface area contributed by atoms with Crippen LogP contribution in [-0.4, -0.2) is 43.8 Å². The van der Waals surface area contributed by atoms with Crippen LogP contribution in [-0.2, 0) is 4.74 Å². The quantitative estimate of drug-likeness (QED) is 0.723. The number of hydrogen-bond donors (Lipinski definition) is 1. The minimum atomic E-state index is 0.247. The Hall–Kier alpha value is -0.120. The molecule has 16 heavy (non-hydrogen) atoms. The first-order chi connectivity index (χ1) is 7.72. The van der Waals surface area contributed by atoms with Gasteiger partial charge in [-0.2, -0.15) is 0 Å². The SMILES string of the molecule is CCCC(CC)(CN)N1CCC(COC)C1. The lowest BCUT2D eigenvalue weighted by Crippen LogP contribution is -2.52. The van der Waals surface area contributed by atoms with E-state index in [4.69, 9.17) is 10.5 Å². The second-order valence-electron chi connectivity index (χ2n) is 5.09. The second-order valence-corrected chi connectivity index (χ2v) is 5.09. The number of nitrogens with zero attached hydrogens (tertiary/aromatic N) is 1. The summed E-state index contributed by atoms with van der Waals surface area (Å²) in [6.45, 7) is 8.57. The first-order valence-electron chi connectivity index (χ1n) is 6.66. The zero-order valence-corrected chi connectivity index (χ0v) is 11.2. The van der Waals surface area contributed by atoms with Crippen LogP contribution in [0.3, 0.4) is 0 Å². The fourth-order valence-electron chi connectivity index (χ4n) is 3.03. The van der Waals surface area contributed by atoms with Crippen molar-refractivity contribution in [1.82, 2.24) is 4.90 Å². The molecule has 1 rings (SSSR count). The van der Waals surface area contributed by atoms with Crippen LogP contribution in [0.1, 0.15) is 39.5 Å². The molecule has 1 aliphatic heterocycles. The van der Waals surface area contributed by atoms with E-state index in [1.807, 2.05) is 0 Å². The van der Waals surface area contributed by atoms with Crippen LogP contribution in [0.2, 0.25) is 0 Å². The molecule has 0 saturated carbocycles. The molecule has 2 N–H and O–H groups in total. The zero-order chi connectivity index (χ0) is 12.0. The van der Waals surface area contributed by atoms with Gasteiger partial charge < -0.3 is 10.5 Å². The fourth-order valence-corrected chi connectivity index (χ4v) is 3.03. The van der Waals surface area contributed by atoms with Crippen molar-refractivity contribution in [3.05, 3.63) is 0 Å². The lowest BCUT2D eigenvalue weighted by atomic mass is 9.89. The van der Waals surface area contributed by atoms with Gasteiger partial charge in [0.2, 0.25) is 0 Å². The highest BCUT2D eigenvalue weighted by molar-refractivity contribution is 4.94. The molecule has 1 fully saturated rings. The summed E-state index contributed by atoms with van der Waals surface area (Å²) in [6.07, 6.45) is 4.87. The van der Waals surface area contributed by atoms with Crippen LogP contribution in [0, 0.1) is 5.92 Å². The Balaban J connectivity index is 2.59. The maximum Gasteiger partial charge on any atom is 0.0503 e. The first-order valence-corrected chi connectivity index (χ1v) is 6.66. The van der Waals surface area contributed by atoms with E-state index in [0.29, 0.717) is 5.92 Å². The summed E-state index contributed by atoms with van der Waals surface area (Å²) in [5, 5.41) is 0. The molecule has 0 aromatic rings. The molecule has 0 spiro atoms. The highest BCUT2D eigenvalue weighted by Gasteiger charge is 2.37. The van der Waals surface area contributed by atoms with Crippen LogP contribution in [0.5, 0.6) is 0 Å². The number of rotatable bonds is 7. The van der Waals surface area contributed by atoms with Gasteiger partial charge in [0.05, 0.1) is 6.61 Å². The number of nitrogens with two attached hydrogens (primary N) is 1. The monoisotopic (exact) mass is 228 g/mol. The largest absolute Gasteiger partial charge is 0.384 e. The molecule has 0 aromatic carbocycles. The molecule has 1 heterocycles. The van der Waals surface area contributed by atoms with E-state index in [9.17, 15) is 0 Å². The van der Waals surface area contributed by atoms with E-state index in [-0.39, 0.29) is 5.54 Å². The average Bonchev–Trinajstić information content (AvgIpc) is 2.76. The van der Waals surface area contributed by atoms with Crippen molar-refractivity contribution in [2.45, 2.75) is 45.1 Å². The molecule has 0 aromatic heterocycles. The van der Waals surface area contributed by atoms with Gasteiger partial charge in [-0.25, -0.2) is 0 Å². The van der Waals surface area contributed by atoms with Crippen molar-refractivity contribution in [2.24, 2.45) is 11.7 Å². The Bertz CT molecular complexity index is 192. The van der Waals surface area contributed by atoms with E-state index in [1.165, 1.54) is 32.4 Å². The molecule has 2 unspecified atom stereocenters. The maximum absolute atomic E-state index is 6.03. The third-order valence-electron chi connectivity index (χ3n) is 4.11. The van der Waals surface area contributed by atoms with E-state index < -0.39 is 0 Å². The van der Waals surface area contributed by atoms with Gasteiger partial charge in [0, 0.05) is 25.7 Å². The van der Waals surface area contributed by atoms with Crippen LogP contribution < -0.4 is 5.73 Å². The molecular weight excluding hydrogens is 200 g/mol. The van der Waals surface area contributed by atoms with E-state index in [0.717, 1.165) is 19.6 Å². The lowest BCUT2D eigenvalue weighted by molar-refractivity contribution is 0.0911. The molecule has 0 aliphatic carbocycles. The molecule has 3 heteroatoms. The molecule has 0 radical (unpaired) electrons. The predicted molar refractivity (Wildman–Crippen MR) is 68.5 cm³/mol. The minimum Gasteiger partial charge on any atom is -0.384 e. The summed E-state index contributed by atoms with van der Waals surface area (Å²) in [4.78, 5) is 2.61. The highest BCUT2D eigenvalue weighted by atomic mass is 16.5. The second kappa shape index (κ2) is 6.58. The standard InChI is InChI=1S/C13H28N2O/c1-4-7-13(5-2,11-14)15-8-6-12(9-15)10-16-3/h12H,4-11,14H2,1-3H3. The van der Waals surface area contributed by atoms with E-state index in [2.05, 4.69) is 18.7 Å². The van der Waals surface area contributed by atoms with Crippen LogP contribution in [0.25, 0.3) is 0 Å². The van der Waals surface area contributed by atoms with Crippen molar-refractivity contribution in [3.63, 3.8) is 0 Å². The van der Waals surface area contributed by atoms with Gasteiger partial charge in [-0.15, -0.1) is 0 Å². The van der Waals surface area contributed by atoms with Crippen molar-refractivity contribution in [2.75, 3.05) is 33.4 Å². The normalized spacial score (nSPS) is 25.9. The summed E-state index contributed by atoms with van der Waals surface area (Å²) >= 11 is 0. The molecule has 96 valence electrons. The summed E-state index contributed by atoms with van der Waals surface area (Å²) in [5.74, 6) is 0.708. The van der Waals surface area contributed by atoms with Crippen molar-refractivity contribution in [3.8, 4) is 0 Å². The van der Waals surface area contributed by atoms with Crippen molar-refractivity contribution in [1.29, 1.82) is 0 Å². The van der Waals surface area contributed by atoms with Crippen LogP contribution in [0.15, 0.2) is 0 Å². The van der Waals surface area contributed by atoms with Gasteiger partial charge in [0.15, 0.2) is 0 Å². The molecule has 3 nitrogen and oxygen atoms in total. The molecule has 0 bridgehead atoms. The fraction of sp³-hybridized carbons (Fsp3) is 1.00. The van der Waals surface area contributed by atoms with Crippen molar-refractivity contribution < 1.29 is 4.74 Å². The molecule has 1 aliphatic rings. The number of hydrogen-bond acceptors (Lipinski definition) is 3. The van der Waals surface area contributed by atoms with Gasteiger partial charge in [-0.05, 0) is 31.7 Å². The van der Waals surface area contributed by atoms with Crippen LogP contribution >= 0.6 is 0 Å². The van der Waals surface area contributed by atoms with Gasteiger partial charge in [-0.3, -0.25) is 4.90 Å². The lowest BCUT2D eigenvalue weighted by Gasteiger charge is -2.41.